The second-order valence-electron chi connectivity index (χ2n) is 17.6. The number of Topliss-reactive ketones (excluding diaryl/α,β-unsaturated/α-hetero) is 3. The van der Waals surface area contributed by atoms with Crippen LogP contribution in [0, 0.1) is 45.3 Å². The van der Waals surface area contributed by atoms with E-state index in [0.717, 1.165) is 70.6 Å². The van der Waals surface area contributed by atoms with E-state index in [4.69, 9.17) is 5.73 Å². The lowest BCUT2D eigenvalue weighted by atomic mass is 9.73. The Bertz CT molecular complexity index is 1280. The molecule has 4 saturated carbocycles. The number of amides is 3. The van der Waals surface area contributed by atoms with Gasteiger partial charge < -0.3 is 16.0 Å². The number of carbonyl (C=O) groups is 6. The number of nitrogens with zero attached hydrogens (tertiary/aromatic N) is 1. The Morgan fingerprint density at radius 3 is 1.98 bits per heavy atom. The summed E-state index contributed by atoms with van der Waals surface area (Å²) < 4.78 is 0. The van der Waals surface area contributed by atoms with Gasteiger partial charge in [-0.1, -0.05) is 79.6 Å². The first-order chi connectivity index (χ1) is 22.0. The lowest BCUT2D eigenvalue weighted by Gasteiger charge is -2.37. The molecule has 1 saturated heterocycles. The van der Waals surface area contributed by atoms with E-state index in [1.54, 1.807) is 4.90 Å². The van der Waals surface area contributed by atoms with E-state index in [9.17, 15) is 28.8 Å². The van der Waals surface area contributed by atoms with Gasteiger partial charge in [0, 0.05) is 43.6 Å². The molecule has 5 aliphatic rings. The fourth-order valence-electron chi connectivity index (χ4n) is 10.6. The number of ketones is 3. The second kappa shape index (κ2) is 13.0. The highest BCUT2D eigenvalue weighted by Gasteiger charge is 2.85. The Balaban J connectivity index is 1.43. The monoisotopic (exact) mass is 653 g/mol. The van der Waals surface area contributed by atoms with E-state index in [0.29, 0.717) is 25.3 Å². The van der Waals surface area contributed by atoms with Gasteiger partial charge in [0.05, 0.1) is 12.1 Å². The van der Waals surface area contributed by atoms with Gasteiger partial charge >= 0.3 is 0 Å². The lowest BCUT2D eigenvalue weighted by Crippen LogP contribution is -2.51. The maximum absolute atomic E-state index is 14.9. The summed E-state index contributed by atoms with van der Waals surface area (Å²) in [4.78, 5) is 82.2. The molecular formula is C38H59N3O6. The maximum Gasteiger partial charge on any atom is 0.285 e. The van der Waals surface area contributed by atoms with Crippen LogP contribution in [0.15, 0.2) is 0 Å². The maximum atomic E-state index is 14.9. The van der Waals surface area contributed by atoms with E-state index < -0.39 is 41.0 Å². The molecule has 0 bridgehead atoms. The summed E-state index contributed by atoms with van der Waals surface area (Å²) in [5, 5.41) is 2.93. The third-order valence-corrected chi connectivity index (χ3v) is 13.9. The van der Waals surface area contributed by atoms with Crippen LogP contribution in [0.4, 0.5) is 0 Å². The summed E-state index contributed by atoms with van der Waals surface area (Å²) in [5.74, 6) is -3.52. The molecule has 262 valence electrons. The molecule has 3 amide bonds. The first-order valence-electron chi connectivity index (χ1n) is 18.4. The van der Waals surface area contributed by atoms with E-state index >= 15 is 0 Å². The summed E-state index contributed by atoms with van der Waals surface area (Å²) in [5.41, 5.74) is 4.73. The molecule has 1 aliphatic heterocycles. The van der Waals surface area contributed by atoms with Crippen LogP contribution >= 0.6 is 0 Å². The molecule has 5 fully saturated rings. The minimum atomic E-state index is -1.01. The normalized spacial score (nSPS) is 28.6. The van der Waals surface area contributed by atoms with Crippen molar-refractivity contribution in [3.8, 4) is 0 Å². The summed E-state index contributed by atoms with van der Waals surface area (Å²) in [7, 11) is 0. The van der Waals surface area contributed by atoms with Crippen molar-refractivity contribution in [3.63, 3.8) is 0 Å². The molecule has 0 aromatic rings. The minimum absolute atomic E-state index is 0.00675. The Labute approximate surface area is 281 Å². The van der Waals surface area contributed by atoms with Crippen molar-refractivity contribution in [1.29, 1.82) is 0 Å². The zero-order chi connectivity index (χ0) is 34.5. The highest BCUT2D eigenvalue weighted by atomic mass is 16.2. The van der Waals surface area contributed by atoms with Gasteiger partial charge in [-0.25, -0.2) is 0 Å². The van der Waals surface area contributed by atoms with Crippen LogP contribution in [0.1, 0.15) is 138 Å². The molecule has 0 aromatic heterocycles. The highest BCUT2D eigenvalue weighted by Crippen LogP contribution is 2.88. The summed E-state index contributed by atoms with van der Waals surface area (Å²) in [6.07, 6.45) is 12.2. The molecule has 0 aromatic carbocycles. The van der Waals surface area contributed by atoms with Crippen molar-refractivity contribution in [3.05, 3.63) is 0 Å². The van der Waals surface area contributed by atoms with E-state index in [-0.39, 0.29) is 58.4 Å². The summed E-state index contributed by atoms with van der Waals surface area (Å²) in [6, 6.07) is -1.34. The van der Waals surface area contributed by atoms with Gasteiger partial charge in [0.1, 0.15) is 0 Å². The Hall–Kier alpha value is -2.58. The SMILES string of the molecule is CC(=O)N[C@H](C(=O)C[C@H](C(=O)N1C[C@]2(C[C@H]1C(=O)CC(CC1CCC1)C(=O)C(N)=O)C(C)(C)C21CCC1)C(C)(C)C)C1CCCCC1. The third-order valence-electron chi connectivity index (χ3n) is 13.9. The Morgan fingerprint density at radius 2 is 1.51 bits per heavy atom. The van der Waals surface area contributed by atoms with Gasteiger partial charge in [-0.3, -0.25) is 28.8 Å². The first kappa shape index (κ1) is 35.7. The van der Waals surface area contributed by atoms with Gasteiger partial charge in [0.2, 0.25) is 17.6 Å². The molecule has 2 spiro atoms. The fraction of sp³-hybridized carbons (Fsp3) is 0.842. The number of hydrogen-bond acceptors (Lipinski definition) is 6. The minimum Gasteiger partial charge on any atom is -0.363 e. The second-order valence-corrected chi connectivity index (χ2v) is 17.6. The highest BCUT2D eigenvalue weighted by molar-refractivity contribution is 6.36. The molecule has 5 atom stereocenters. The average molecular weight is 654 g/mol. The molecule has 3 N–H and O–H groups in total. The van der Waals surface area contributed by atoms with Gasteiger partial charge in [0.25, 0.3) is 5.91 Å². The number of hydrogen-bond donors (Lipinski definition) is 2. The number of rotatable bonds is 13. The number of fused-ring (bicyclic) bond motifs is 1. The number of carbonyl (C=O) groups excluding carboxylic acids is 6. The molecule has 4 aliphatic carbocycles. The van der Waals surface area contributed by atoms with Crippen molar-refractivity contribution in [2.24, 2.45) is 51.1 Å². The van der Waals surface area contributed by atoms with Gasteiger partial charge in [0.15, 0.2) is 11.6 Å². The van der Waals surface area contributed by atoms with Crippen molar-refractivity contribution in [2.75, 3.05) is 6.54 Å². The van der Waals surface area contributed by atoms with Gasteiger partial charge in [-0.15, -0.1) is 0 Å². The van der Waals surface area contributed by atoms with Crippen molar-refractivity contribution in [1.82, 2.24) is 10.2 Å². The van der Waals surface area contributed by atoms with Gasteiger partial charge in [-0.05, 0) is 66.6 Å². The predicted molar refractivity (Wildman–Crippen MR) is 179 cm³/mol. The molecule has 47 heavy (non-hydrogen) atoms. The molecular weight excluding hydrogens is 594 g/mol. The zero-order valence-electron chi connectivity index (χ0n) is 29.8. The molecule has 9 heteroatoms. The van der Waals surface area contributed by atoms with Crippen LogP contribution in [-0.2, 0) is 28.8 Å². The molecule has 0 radical (unpaired) electrons. The quantitative estimate of drug-likeness (QED) is 0.258. The Morgan fingerprint density at radius 1 is 0.872 bits per heavy atom. The predicted octanol–water partition coefficient (Wildman–Crippen LogP) is 5.31. The van der Waals surface area contributed by atoms with E-state index in [1.165, 1.54) is 6.92 Å². The molecule has 5 rings (SSSR count). The number of nitrogens with two attached hydrogens (primary N) is 1. The van der Waals surface area contributed by atoms with Crippen LogP contribution in [0.5, 0.6) is 0 Å². The lowest BCUT2D eigenvalue weighted by molar-refractivity contribution is -0.147. The zero-order valence-corrected chi connectivity index (χ0v) is 29.8. The largest absolute Gasteiger partial charge is 0.363 e. The number of nitrogens with one attached hydrogen (secondary N) is 1. The smallest absolute Gasteiger partial charge is 0.285 e. The standard InChI is InChI=1S/C38H59N3O6/c1-23(42)40-31(25-14-8-7-9-15-25)30(44)20-27(35(2,3)4)34(47)41-22-38(36(5,6)37(38)16-11-17-37)21-28(41)29(43)19-26(32(45)33(39)46)18-24-12-10-13-24/h24-28,31H,7-22H2,1-6H3,(H2,39,46)(H,40,42)/t26?,27-,28+,31+,38-/m1/s1. The van der Waals surface area contributed by atoms with Crippen molar-refractivity contribution in [2.45, 2.75) is 150 Å². The van der Waals surface area contributed by atoms with Crippen LogP contribution in [0.25, 0.3) is 0 Å². The summed E-state index contributed by atoms with van der Waals surface area (Å²) in [6.45, 7) is 12.3. The molecule has 9 nitrogen and oxygen atoms in total. The molecule has 1 heterocycles. The van der Waals surface area contributed by atoms with E-state index in [2.05, 4.69) is 19.2 Å². The topological polar surface area (TPSA) is 144 Å². The molecule has 1 unspecified atom stereocenters. The van der Waals surface area contributed by atoms with Gasteiger partial charge in [-0.2, -0.15) is 0 Å². The Kier molecular flexibility index (Phi) is 9.91. The first-order valence-corrected chi connectivity index (χ1v) is 18.4. The van der Waals surface area contributed by atoms with Crippen LogP contribution < -0.4 is 11.1 Å². The summed E-state index contributed by atoms with van der Waals surface area (Å²) >= 11 is 0. The van der Waals surface area contributed by atoms with Crippen LogP contribution in [0.3, 0.4) is 0 Å². The van der Waals surface area contributed by atoms with Crippen LogP contribution in [0.2, 0.25) is 0 Å². The van der Waals surface area contributed by atoms with Crippen molar-refractivity contribution < 1.29 is 28.8 Å². The fourth-order valence-corrected chi connectivity index (χ4v) is 10.6. The van der Waals surface area contributed by atoms with Crippen LogP contribution in [-0.4, -0.2) is 58.6 Å². The number of primary amides is 1. The number of likely N-dealkylation sites (tertiary alicyclic amines) is 1. The average Bonchev–Trinajstić information content (AvgIpc) is 3.17. The third kappa shape index (κ3) is 6.34. The van der Waals surface area contributed by atoms with E-state index in [1.807, 2.05) is 20.8 Å². The van der Waals surface area contributed by atoms with Crippen molar-refractivity contribution >= 4 is 35.1 Å².